The SMILES string of the molecule is CC(Cl)c1nc2ccc(C#N)cc2n1C1CCSC1. The molecule has 0 amide bonds. The van der Waals surface area contributed by atoms with Crippen LogP contribution in [0.4, 0.5) is 0 Å². The number of rotatable bonds is 2. The van der Waals surface area contributed by atoms with E-state index in [1.54, 1.807) is 0 Å². The summed E-state index contributed by atoms with van der Waals surface area (Å²) in [5.41, 5.74) is 2.64. The van der Waals surface area contributed by atoms with Gasteiger partial charge in [0.25, 0.3) is 0 Å². The van der Waals surface area contributed by atoms with Crippen LogP contribution in [-0.2, 0) is 0 Å². The first kappa shape index (κ1) is 12.8. The van der Waals surface area contributed by atoms with Crippen molar-refractivity contribution in [2.75, 3.05) is 11.5 Å². The molecule has 1 aliphatic heterocycles. The number of aromatic nitrogens is 2. The molecule has 98 valence electrons. The summed E-state index contributed by atoms with van der Waals surface area (Å²) in [6.07, 6.45) is 1.14. The lowest BCUT2D eigenvalue weighted by molar-refractivity contribution is 0.549. The smallest absolute Gasteiger partial charge is 0.127 e. The molecule has 0 saturated carbocycles. The minimum Gasteiger partial charge on any atom is -0.323 e. The highest BCUT2D eigenvalue weighted by atomic mass is 35.5. The minimum atomic E-state index is -0.122. The zero-order chi connectivity index (χ0) is 13.4. The molecule has 2 unspecified atom stereocenters. The number of fused-ring (bicyclic) bond motifs is 1. The lowest BCUT2D eigenvalue weighted by Gasteiger charge is -2.16. The first-order chi connectivity index (χ1) is 9.20. The molecule has 3 rings (SSSR count). The van der Waals surface area contributed by atoms with Crippen molar-refractivity contribution in [2.45, 2.75) is 24.8 Å². The van der Waals surface area contributed by atoms with Gasteiger partial charge in [-0.2, -0.15) is 17.0 Å². The fourth-order valence-electron chi connectivity index (χ4n) is 2.57. The second-order valence-electron chi connectivity index (χ2n) is 4.79. The number of imidazole rings is 1. The van der Waals surface area contributed by atoms with E-state index in [0.29, 0.717) is 11.6 Å². The Morgan fingerprint density at radius 3 is 3.05 bits per heavy atom. The van der Waals surface area contributed by atoms with E-state index < -0.39 is 0 Å². The van der Waals surface area contributed by atoms with Crippen molar-refractivity contribution in [1.82, 2.24) is 9.55 Å². The summed E-state index contributed by atoms with van der Waals surface area (Å²) >= 11 is 8.24. The minimum absolute atomic E-state index is 0.122. The van der Waals surface area contributed by atoms with Gasteiger partial charge in [0.2, 0.25) is 0 Å². The van der Waals surface area contributed by atoms with Gasteiger partial charge in [-0.15, -0.1) is 11.6 Å². The van der Waals surface area contributed by atoms with Crippen LogP contribution in [0, 0.1) is 11.3 Å². The molecule has 19 heavy (non-hydrogen) atoms. The number of benzene rings is 1. The van der Waals surface area contributed by atoms with Gasteiger partial charge in [0.1, 0.15) is 5.82 Å². The molecule has 0 radical (unpaired) electrons. The van der Waals surface area contributed by atoms with Crippen molar-refractivity contribution in [1.29, 1.82) is 5.26 Å². The van der Waals surface area contributed by atoms with E-state index in [9.17, 15) is 0 Å². The Hall–Kier alpha value is -1.18. The Balaban J connectivity index is 2.24. The van der Waals surface area contributed by atoms with Gasteiger partial charge >= 0.3 is 0 Å². The summed E-state index contributed by atoms with van der Waals surface area (Å²) < 4.78 is 2.24. The molecule has 2 heterocycles. The molecule has 1 saturated heterocycles. The van der Waals surface area contributed by atoms with E-state index in [0.717, 1.165) is 29.0 Å². The quantitative estimate of drug-likeness (QED) is 0.788. The summed E-state index contributed by atoms with van der Waals surface area (Å²) in [5.74, 6) is 3.19. The summed E-state index contributed by atoms with van der Waals surface area (Å²) in [5, 5.41) is 8.94. The van der Waals surface area contributed by atoms with Gasteiger partial charge in [-0.1, -0.05) is 0 Å². The molecular weight excluding hydrogens is 278 g/mol. The van der Waals surface area contributed by atoms with Crippen molar-refractivity contribution in [3.8, 4) is 6.07 Å². The second-order valence-corrected chi connectivity index (χ2v) is 6.59. The molecule has 1 fully saturated rings. The van der Waals surface area contributed by atoms with Gasteiger partial charge < -0.3 is 4.57 Å². The molecule has 1 aromatic heterocycles. The van der Waals surface area contributed by atoms with E-state index in [4.69, 9.17) is 16.9 Å². The number of nitriles is 1. The molecular formula is C14H14ClN3S. The molecule has 0 aliphatic carbocycles. The van der Waals surface area contributed by atoms with Crippen LogP contribution in [0.3, 0.4) is 0 Å². The maximum absolute atomic E-state index is 9.06. The molecule has 2 aromatic rings. The summed E-state index contributed by atoms with van der Waals surface area (Å²) in [4.78, 5) is 4.64. The third-order valence-electron chi connectivity index (χ3n) is 3.47. The van der Waals surface area contributed by atoms with Crippen LogP contribution in [0.15, 0.2) is 18.2 Å². The lowest BCUT2D eigenvalue weighted by Crippen LogP contribution is -2.12. The molecule has 5 heteroatoms. The maximum Gasteiger partial charge on any atom is 0.127 e. The molecule has 1 aromatic carbocycles. The Kier molecular flexibility index (Phi) is 3.42. The number of thioether (sulfide) groups is 1. The first-order valence-corrected chi connectivity index (χ1v) is 7.93. The molecule has 3 nitrogen and oxygen atoms in total. The normalized spacial score (nSPS) is 20.6. The van der Waals surface area contributed by atoms with Crippen molar-refractivity contribution >= 4 is 34.4 Å². The standard InChI is InChI=1S/C14H14ClN3S/c1-9(15)14-17-12-3-2-10(7-16)6-13(12)18(14)11-4-5-19-8-11/h2-3,6,9,11H,4-5,8H2,1H3. The van der Waals surface area contributed by atoms with Crippen molar-refractivity contribution in [3.05, 3.63) is 29.6 Å². The average Bonchev–Trinajstić information content (AvgIpc) is 3.04. The Bertz CT molecular complexity index is 650. The number of nitrogens with zero attached hydrogens (tertiary/aromatic N) is 3. The fourth-order valence-corrected chi connectivity index (χ4v) is 3.92. The fraction of sp³-hybridized carbons (Fsp3) is 0.429. The third kappa shape index (κ3) is 2.22. The monoisotopic (exact) mass is 291 g/mol. The zero-order valence-electron chi connectivity index (χ0n) is 10.6. The first-order valence-electron chi connectivity index (χ1n) is 6.34. The third-order valence-corrected chi connectivity index (χ3v) is 4.81. The van der Waals surface area contributed by atoms with Crippen molar-refractivity contribution in [3.63, 3.8) is 0 Å². The lowest BCUT2D eigenvalue weighted by atomic mass is 10.2. The summed E-state index contributed by atoms with van der Waals surface area (Å²) in [6.45, 7) is 1.95. The highest BCUT2D eigenvalue weighted by Crippen LogP contribution is 2.35. The van der Waals surface area contributed by atoms with E-state index >= 15 is 0 Å². The highest BCUT2D eigenvalue weighted by Gasteiger charge is 2.24. The molecule has 0 N–H and O–H groups in total. The topological polar surface area (TPSA) is 41.6 Å². The predicted molar refractivity (Wildman–Crippen MR) is 79.7 cm³/mol. The average molecular weight is 292 g/mol. The van der Waals surface area contributed by atoms with Gasteiger partial charge in [-0.25, -0.2) is 4.98 Å². The van der Waals surface area contributed by atoms with Crippen LogP contribution in [0.5, 0.6) is 0 Å². The van der Waals surface area contributed by atoms with Crippen LogP contribution in [0.25, 0.3) is 11.0 Å². The largest absolute Gasteiger partial charge is 0.323 e. The molecule has 0 spiro atoms. The number of alkyl halides is 1. The van der Waals surface area contributed by atoms with Crippen LogP contribution < -0.4 is 0 Å². The van der Waals surface area contributed by atoms with E-state index in [2.05, 4.69) is 15.6 Å². The highest BCUT2D eigenvalue weighted by molar-refractivity contribution is 7.99. The van der Waals surface area contributed by atoms with Gasteiger partial charge in [0.05, 0.1) is 28.0 Å². The van der Waals surface area contributed by atoms with Crippen LogP contribution in [0.2, 0.25) is 0 Å². The van der Waals surface area contributed by atoms with Crippen molar-refractivity contribution in [2.24, 2.45) is 0 Å². The van der Waals surface area contributed by atoms with Crippen LogP contribution in [-0.4, -0.2) is 21.1 Å². The molecule has 0 bridgehead atoms. The Labute approximate surface area is 121 Å². The van der Waals surface area contributed by atoms with Gasteiger partial charge in [0, 0.05) is 11.8 Å². The Morgan fingerprint density at radius 2 is 2.42 bits per heavy atom. The number of hydrogen-bond acceptors (Lipinski definition) is 3. The van der Waals surface area contributed by atoms with E-state index in [1.165, 1.54) is 5.75 Å². The van der Waals surface area contributed by atoms with Gasteiger partial charge in [-0.05, 0) is 37.3 Å². The summed E-state index contributed by atoms with van der Waals surface area (Å²) in [7, 11) is 0. The zero-order valence-corrected chi connectivity index (χ0v) is 12.2. The van der Waals surface area contributed by atoms with Crippen molar-refractivity contribution < 1.29 is 0 Å². The summed E-state index contributed by atoms with van der Waals surface area (Å²) in [6, 6.07) is 8.29. The Morgan fingerprint density at radius 1 is 1.58 bits per heavy atom. The predicted octanol–water partition coefficient (Wildman–Crippen LogP) is 3.89. The number of hydrogen-bond donors (Lipinski definition) is 0. The second kappa shape index (κ2) is 5.07. The maximum atomic E-state index is 9.06. The number of halogens is 1. The van der Waals surface area contributed by atoms with Crippen LogP contribution >= 0.6 is 23.4 Å². The van der Waals surface area contributed by atoms with E-state index in [1.807, 2.05) is 36.9 Å². The molecule has 1 aliphatic rings. The van der Waals surface area contributed by atoms with Crippen LogP contribution in [0.1, 0.15) is 36.2 Å². The van der Waals surface area contributed by atoms with Gasteiger partial charge in [0.15, 0.2) is 0 Å². The molecule has 2 atom stereocenters. The van der Waals surface area contributed by atoms with Gasteiger partial charge in [-0.3, -0.25) is 0 Å². The van der Waals surface area contributed by atoms with E-state index in [-0.39, 0.29) is 5.38 Å².